The molecule has 13 heavy (non-hydrogen) atoms. The molecule has 0 saturated heterocycles. The predicted octanol–water partition coefficient (Wildman–Crippen LogP) is 2.32. The Balaban J connectivity index is 3.20. The Morgan fingerprint density at radius 1 is 1.00 bits per heavy atom. The molecule has 0 saturated carbocycles. The minimum Gasteiger partial charge on any atom is -0.497 e. The topological polar surface area (TPSA) is 27.7 Å². The monoisotopic (exact) mass is 294 g/mol. The third kappa shape index (κ3) is 2.18. The molecule has 0 fully saturated rings. The van der Waals surface area contributed by atoms with Crippen LogP contribution in [-0.2, 0) is 0 Å². The molecule has 0 spiro atoms. The Hall–Kier alpha value is -0.650. The lowest BCUT2D eigenvalue weighted by atomic mass is 10.3. The third-order valence-corrected chi connectivity index (χ3v) is 2.44. The van der Waals surface area contributed by atoms with Crippen LogP contribution in [0.5, 0.6) is 17.2 Å². The number of rotatable bonds is 3. The number of hydrogen-bond acceptors (Lipinski definition) is 3. The molecule has 0 unspecified atom stereocenters. The Morgan fingerprint density at radius 3 is 2.15 bits per heavy atom. The van der Waals surface area contributed by atoms with E-state index >= 15 is 0 Å². The molecule has 0 N–H and O–H groups in total. The van der Waals surface area contributed by atoms with E-state index in [1.54, 1.807) is 27.4 Å². The standard InChI is InChI=1S/C9H11IO3/c1-11-6-4-7(10)9(13-3)8(5-6)12-2/h4-5H,1-3H3. The summed E-state index contributed by atoms with van der Waals surface area (Å²) in [7, 11) is 4.84. The first-order valence-electron chi connectivity index (χ1n) is 3.68. The van der Waals surface area contributed by atoms with Crippen LogP contribution in [0, 0.1) is 3.57 Å². The second kappa shape index (κ2) is 4.55. The zero-order valence-corrected chi connectivity index (χ0v) is 9.91. The Labute approximate surface area is 91.1 Å². The quantitative estimate of drug-likeness (QED) is 0.801. The molecule has 0 aliphatic heterocycles. The SMILES string of the molecule is COc1cc(I)c(OC)c(OC)c1. The van der Waals surface area contributed by atoms with Crippen LogP contribution in [0.2, 0.25) is 0 Å². The normalized spacial score (nSPS) is 9.54. The van der Waals surface area contributed by atoms with E-state index in [4.69, 9.17) is 14.2 Å². The van der Waals surface area contributed by atoms with Crippen molar-refractivity contribution in [2.75, 3.05) is 21.3 Å². The van der Waals surface area contributed by atoms with E-state index in [2.05, 4.69) is 22.6 Å². The van der Waals surface area contributed by atoms with Gasteiger partial charge in [0.2, 0.25) is 0 Å². The maximum absolute atomic E-state index is 5.18. The highest BCUT2D eigenvalue weighted by Gasteiger charge is 2.09. The number of halogens is 1. The second-order valence-electron chi connectivity index (χ2n) is 2.34. The van der Waals surface area contributed by atoms with Gasteiger partial charge in [0.15, 0.2) is 11.5 Å². The maximum atomic E-state index is 5.18. The number of benzene rings is 1. The van der Waals surface area contributed by atoms with Gasteiger partial charge in [0.05, 0.1) is 24.9 Å². The first-order chi connectivity index (χ1) is 6.22. The van der Waals surface area contributed by atoms with Gasteiger partial charge in [0.25, 0.3) is 0 Å². The summed E-state index contributed by atoms with van der Waals surface area (Å²) in [5.74, 6) is 2.19. The molecular formula is C9H11IO3. The molecule has 72 valence electrons. The zero-order valence-electron chi connectivity index (χ0n) is 7.76. The van der Waals surface area contributed by atoms with Crippen molar-refractivity contribution in [1.82, 2.24) is 0 Å². The molecule has 4 heteroatoms. The third-order valence-electron chi connectivity index (χ3n) is 1.64. The van der Waals surface area contributed by atoms with Crippen molar-refractivity contribution in [3.05, 3.63) is 15.7 Å². The predicted molar refractivity (Wildman–Crippen MR) is 58.8 cm³/mol. The van der Waals surface area contributed by atoms with Crippen LogP contribution in [0.1, 0.15) is 0 Å². The fourth-order valence-corrected chi connectivity index (χ4v) is 1.81. The minimum absolute atomic E-state index is 0.686. The highest BCUT2D eigenvalue weighted by Crippen LogP contribution is 2.35. The number of methoxy groups -OCH3 is 3. The van der Waals surface area contributed by atoms with E-state index in [0.29, 0.717) is 5.75 Å². The van der Waals surface area contributed by atoms with Crippen molar-refractivity contribution in [3.8, 4) is 17.2 Å². The lowest BCUT2D eigenvalue weighted by Gasteiger charge is -2.10. The van der Waals surface area contributed by atoms with Crippen molar-refractivity contribution in [2.45, 2.75) is 0 Å². The van der Waals surface area contributed by atoms with Gasteiger partial charge in [-0.25, -0.2) is 0 Å². The molecule has 1 aromatic carbocycles. The summed E-state index contributed by atoms with van der Waals surface area (Å²) >= 11 is 2.17. The average molecular weight is 294 g/mol. The summed E-state index contributed by atoms with van der Waals surface area (Å²) in [5.41, 5.74) is 0. The van der Waals surface area contributed by atoms with Gasteiger partial charge in [-0.3, -0.25) is 0 Å². The minimum atomic E-state index is 0.686. The molecule has 0 radical (unpaired) electrons. The van der Waals surface area contributed by atoms with E-state index in [-0.39, 0.29) is 0 Å². The summed E-state index contributed by atoms with van der Waals surface area (Å²) in [6.07, 6.45) is 0. The average Bonchev–Trinajstić information content (AvgIpc) is 2.16. The van der Waals surface area contributed by atoms with Crippen molar-refractivity contribution >= 4 is 22.6 Å². The van der Waals surface area contributed by atoms with Crippen LogP contribution >= 0.6 is 22.6 Å². The molecule has 1 rings (SSSR count). The summed E-state index contributed by atoms with van der Waals surface area (Å²) in [4.78, 5) is 0. The molecule has 0 amide bonds. The Morgan fingerprint density at radius 2 is 1.69 bits per heavy atom. The van der Waals surface area contributed by atoms with E-state index in [1.165, 1.54) is 0 Å². The summed E-state index contributed by atoms with van der Waals surface area (Å²) in [6.45, 7) is 0. The molecule has 0 heterocycles. The summed E-state index contributed by atoms with van der Waals surface area (Å²) in [5, 5.41) is 0. The van der Waals surface area contributed by atoms with Gasteiger partial charge in [-0.05, 0) is 28.7 Å². The zero-order chi connectivity index (χ0) is 9.84. The number of ether oxygens (including phenoxy) is 3. The fourth-order valence-electron chi connectivity index (χ4n) is 1.01. The van der Waals surface area contributed by atoms with Crippen molar-refractivity contribution < 1.29 is 14.2 Å². The second-order valence-corrected chi connectivity index (χ2v) is 3.51. The van der Waals surface area contributed by atoms with Crippen molar-refractivity contribution in [2.24, 2.45) is 0 Å². The van der Waals surface area contributed by atoms with Crippen LogP contribution in [-0.4, -0.2) is 21.3 Å². The lowest BCUT2D eigenvalue weighted by Crippen LogP contribution is -1.94. The Bertz CT molecular complexity index is 299. The smallest absolute Gasteiger partial charge is 0.174 e. The highest BCUT2D eigenvalue weighted by atomic mass is 127. The van der Waals surface area contributed by atoms with Gasteiger partial charge in [-0.2, -0.15) is 0 Å². The molecule has 0 bridgehead atoms. The van der Waals surface area contributed by atoms with Crippen LogP contribution in [0.3, 0.4) is 0 Å². The van der Waals surface area contributed by atoms with Crippen LogP contribution in [0.25, 0.3) is 0 Å². The van der Waals surface area contributed by atoms with Gasteiger partial charge in [0, 0.05) is 6.07 Å². The van der Waals surface area contributed by atoms with E-state index in [9.17, 15) is 0 Å². The highest BCUT2D eigenvalue weighted by molar-refractivity contribution is 14.1. The fraction of sp³-hybridized carbons (Fsp3) is 0.333. The first-order valence-corrected chi connectivity index (χ1v) is 4.76. The molecular weight excluding hydrogens is 283 g/mol. The van der Waals surface area contributed by atoms with Gasteiger partial charge < -0.3 is 14.2 Å². The van der Waals surface area contributed by atoms with Crippen molar-refractivity contribution in [1.29, 1.82) is 0 Å². The van der Waals surface area contributed by atoms with E-state index in [0.717, 1.165) is 15.1 Å². The lowest BCUT2D eigenvalue weighted by molar-refractivity contribution is 0.347. The molecule has 0 aliphatic rings. The molecule has 1 aromatic rings. The number of hydrogen-bond donors (Lipinski definition) is 0. The van der Waals surface area contributed by atoms with Gasteiger partial charge >= 0.3 is 0 Å². The largest absolute Gasteiger partial charge is 0.497 e. The molecule has 0 aliphatic carbocycles. The molecule has 0 aromatic heterocycles. The van der Waals surface area contributed by atoms with E-state index in [1.807, 2.05) is 6.07 Å². The van der Waals surface area contributed by atoms with E-state index < -0.39 is 0 Å². The Kier molecular flexibility index (Phi) is 3.65. The summed E-state index contributed by atoms with van der Waals surface area (Å²) in [6, 6.07) is 3.68. The molecule has 0 atom stereocenters. The molecule has 3 nitrogen and oxygen atoms in total. The van der Waals surface area contributed by atoms with Gasteiger partial charge in [-0.15, -0.1) is 0 Å². The summed E-state index contributed by atoms with van der Waals surface area (Å²) < 4.78 is 16.4. The maximum Gasteiger partial charge on any atom is 0.174 e. The van der Waals surface area contributed by atoms with Crippen molar-refractivity contribution in [3.63, 3.8) is 0 Å². The van der Waals surface area contributed by atoms with Gasteiger partial charge in [-0.1, -0.05) is 0 Å². The van der Waals surface area contributed by atoms with Crippen LogP contribution in [0.15, 0.2) is 12.1 Å². The first kappa shape index (κ1) is 10.4. The van der Waals surface area contributed by atoms with Gasteiger partial charge in [0.1, 0.15) is 5.75 Å². The van der Waals surface area contributed by atoms with Crippen LogP contribution in [0.4, 0.5) is 0 Å². The van der Waals surface area contributed by atoms with Crippen LogP contribution < -0.4 is 14.2 Å².